The van der Waals surface area contributed by atoms with Crippen molar-refractivity contribution in [3.05, 3.63) is 89.5 Å². The van der Waals surface area contributed by atoms with E-state index < -0.39 is 0 Å². The first-order valence-corrected chi connectivity index (χ1v) is 12.7. The van der Waals surface area contributed by atoms with Crippen LogP contribution in [0.25, 0.3) is 5.69 Å². The number of anilines is 1. The normalized spacial score (nSPS) is 18.0. The van der Waals surface area contributed by atoms with Crippen molar-refractivity contribution in [2.75, 3.05) is 25.9 Å². The Morgan fingerprint density at radius 2 is 1.82 bits per heavy atom. The van der Waals surface area contributed by atoms with Crippen molar-refractivity contribution in [1.82, 2.24) is 14.9 Å². The van der Waals surface area contributed by atoms with E-state index in [1.807, 2.05) is 60.8 Å². The van der Waals surface area contributed by atoms with Crippen molar-refractivity contribution in [1.29, 1.82) is 0 Å². The van der Waals surface area contributed by atoms with Crippen molar-refractivity contribution in [3.8, 4) is 28.7 Å². The van der Waals surface area contributed by atoms with Gasteiger partial charge in [-0.2, -0.15) is 0 Å². The first kappa shape index (κ1) is 24.1. The van der Waals surface area contributed by atoms with Crippen LogP contribution >= 0.6 is 12.2 Å². The average Bonchev–Trinajstić information content (AvgIpc) is 3.63. The summed E-state index contributed by atoms with van der Waals surface area (Å²) in [5.74, 6) is 2.92. The van der Waals surface area contributed by atoms with Crippen molar-refractivity contribution >= 4 is 23.0 Å². The number of fused-ring (bicyclic) bond motifs is 1. The fourth-order valence-electron chi connectivity index (χ4n) is 5.42. The third-order valence-corrected chi connectivity index (χ3v) is 7.46. The molecule has 1 N–H and O–H groups in total. The summed E-state index contributed by atoms with van der Waals surface area (Å²) in [5, 5.41) is 4.13. The molecule has 6 rings (SSSR count). The maximum absolute atomic E-state index is 5.95. The molecule has 0 saturated carbocycles. The van der Waals surface area contributed by atoms with Gasteiger partial charge in [-0.25, -0.2) is 0 Å². The topological polar surface area (TPSA) is 70.0 Å². The summed E-state index contributed by atoms with van der Waals surface area (Å²) in [6, 6.07) is 19.5. The van der Waals surface area contributed by atoms with Gasteiger partial charge in [-0.3, -0.25) is 4.98 Å². The van der Waals surface area contributed by atoms with Crippen LogP contribution < -0.4 is 29.2 Å². The van der Waals surface area contributed by atoms with E-state index in [0.29, 0.717) is 10.9 Å². The van der Waals surface area contributed by atoms with Crippen LogP contribution in [0.1, 0.15) is 34.7 Å². The van der Waals surface area contributed by atoms with Crippen LogP contribution in [0.5, 0.6) is 23.0 Å². The fourth-order valence-corrected chi connectivity index (χ4v) is 5.76. The standard InChI is InChI=1S/C29H28N4O4S/c1-17-13-21(18(2)32(17)19-8-10-25-26(14-19)37-16-36-25)28-27(22-7-5-6-12-30-22)31-29(38)33(28)23-15-20(34-3)9-11-24(23)35-4/h5-15,27-28H,16H2,1-4H3,(H,31,38). The summed E-state index contributed by atoms with van der Waals surface area (Å²) in [4.78, 5) is 6.80. The Morgan fingerprint density at radius 1 is 0.974 bits per heavy atom. The molecule has 0 amide bonds. The number of nitrogens with one attached hydrogen (secondary N) is 1. The lowest BCUT2D eigenvalue weighted by atomic mass is 9.96. The molecule has 38 heavy (non-hydrogen) atoms. The number of hydrogen-bond acceptors (Lipinski definition) is 6. The monoisotopic (exact) mass is 528 g/mol. The number of methoxy groups -OCH3 is 2. The summed E-state index contributed by atoms with van der Waals surface area (Å²) < 4.78 is 24.7. The van der Waals surface area contributed by atoms with E-state index in [1.54, 1.807) is 14.2 Å². The highest BCUT2D eigenvalue weighted by Gasteiger charge is 2.43. The predicted molar refractivity (Wildman–Crippen MR) is 149 cm³/mol. The quantitative estimate of drug-likeness (QED) is 0.333. The zero-order valence-corrected chi connectivity index (χ0v) is 22.4. The molecule has 2 aromatic heterocycles. The van der Waals surface area contributed by atoms with E-state index in [1.165, 1.54) is 0 Å². The molecule has 2 aliphatic rings. The van der Waals surface area contributed by atoms with Gasteiger partial charge < -0.3 is 33.7 Å². The SMILES string of the molecule is COc1ccc(OC)c(N2C(=S)NC(c3ccccn3)C2c2cc(C)n(-c3ccc4c(c3)OCO4)c2C)c1. The molecule has 0 aliphatic carbocycles. The second-order valence-corrected chi connectivity index (χ2v) is 9.62. The van der Waals surface area contributed by atoms with E-state index in [2.05, 4.69) is 39.7 Å². The molecule has 2 aliphatic heterocycles. The van der Waals surface area contributed by atoms with Crippen LogP contribution in [0.15, 0.2) is 66.9 Å². The van der Waals surface area contributed by atoms with E-state index in [4.69, 9.17) is 31.2 Å². The van der Waals surface area contributed by atoms with Crippen LogP contribution in [0.2, 0.25) is 0 Å². The molecule has 4 aromatic rings. The fraction of sp³-hybridized carbons (Fsp3) is 0.241. The number of benzene rings is 2. The maximum atomic E-state index is 5.95. The van der Waals surface area contributed by atoms with Crippen molar-refractivity contribution in [2.45, 2.75) is 25.9 Å². The summed E-state index contributed by atoms with van der Waals surface area (Å²) in [6.07, 6.45) is 1.81. The second kappa shape index (κ2) is 9.57. The molecule has 8 nitrogen and oxygen atoms in total. The van der Waals surface area contributed by atoms with Gasteiger partial charge in [-0.1, -0.05) is 6.07 Å². The lowest BCUT2D eigenvalue weighted by Gasteiger charge is -2.29. The number of aryl methyl sites for hydroxylation is 1. The molecule has 0 radical (unpaired) electrons. The molecule has 4 heterocycles. The largest absolute Gasteiger partial charge is 0.497 e. The molecule has 2 unspecified atom stereocenters. The molecule has 2 atom stereocenters. The van der Waals surface area contributed by atoms with Crippen LogP contribution in [-0.4, -0.2) is 35.7 Å². The number of rotatable bonds is 6. The molecule has 194 valence electrons. The van der Waals surface area contributed by atoms with E-state index in [0.717, 1.165) is 51.3 Å². The van der Waals surface area contributed by atoms with Crippen LogP contribution in [0, 0.1) is 13.8 Å². The van der Waals surface area contributed by atoms with Gasteiger partial charge in [0.2, 0.25) is 6.79 Å². The molecule has 1 fully saturated rings. The first-order valence-electron chi connectivity index (χ1n) is 12.3. The maximum Gasteiger partial charge on any atom is 0.231 e. The lowest BCUT2D eigenvalue weighted by Crippen LogP contribution is -2.30. The zero-order chi connectivity index (χ0) is 26.4. The minimum absolute atomic E-state index is 0.190. The minimum atomic E-state index is -0.202. The third kappa shape index (κ3) is 3.90. The molecular formula is C29H28N4O4S. The van der Waals surface area contributed by atoms with Crippen LogP contribution in [-0.2, 0) is 0 Å². The minimum Gasteiger partial charge on any atom is -0.497 e. The summed E-state index contributed by atoms with van der Waals surface area (Å²) in [6.45, 7) is 4.47. The van der Waals surface area contributed by atoms with Gasteiger partial charge in [-0.05, 0) is 74.1 Å². The zero-order valence-electron chi connectivity index (χ0n) is 21.6. The highest BCUT2D eigenvalue weighted by atomic mass is 32.1. The Bertz CT molecular complexity index is 1520. The number of nitrogens with zero attached hydrogens (tertiary/aromatic N) is 3. The van der Waals surface area contributed by atoms with Gasteiger partial charge in [0.05, 0.1) is 37.7 Å². The summed E-state index contributed by atoms with van der Waals surface area (Å²) in [7, 11) is 3.31. The van der Waals surface area contributed by atoms with E-state index in [9.17, 15) is 0 Å². The molecule has 0 bridgehead atoms. The summed E-state index contributed by atoms with van der Waals surface area (Å²) in [5.41, 5.74) is 6.02. The van der Waals surface area contributed by atoms with Gasteiger partial charge >= 0.3 is 0 Å². The Kier molecular flexibility index (Phi) is 6.07. The first-order chi connectivity index (χ1) is 18.5. The van der Waals surface area contributed by atoms with E-state index in [-0.39, 0.29) is 18.9 Å². The number of ether oxygens (including phenoxy) is 4. The average molecular weight is 529 g/mol. The predicted octanol–water partition coefficient (Wildman–Crippen LogP) is 5.41. The van der Waals surface area contributed by atoms with Gasteiger partial charge in [0.15, 0.2) is 16.6 Å². The van der Waals surface area contributed by atoms with Gasteiger partial charge in [-0.15, -0.1) is 0 Å². The number of hydrogen-bond donors (Lipinski definition) is 1. The Labute approximate surface area is 226 Å². The van der Waals surface area contributed by atoms with Crippen LogP contribution in [0.3, 0.4) is 0 Å². The third-order valence-electron chi connectivity index (χ3n) is 7.15. The van der Waals surface area contributed by atoms with Gasteiger partial charge in [0.1, 0.15) is 11.5 Å². The number of thiocarbonyl (C=S) groups is 1. The molecule has 1 saturated heterocycles. The Hall–Kier alpha value is -4.24. The molecule has 0 spiro atoms. The highest BCUT2D eigenvalue weighted by molar-refractivity contribution is 7.80. The van der Waals surface area contributed by atoms with Crippen molar-refractivity contribution < 1.29 is 18.9 Å². The lowest BCUT2D eigenvalue weighted by molar-refractivity contribution is 0.174. The molecule has 9 heteroatoms. The second-order valence-electron chi connectivity index (χ2n) is 9.23. The molecular weight excluding hydrogens is 500 g/mol. The number of pyridine rings is 1. The highest BCUT2D eigenvalue weighted by Crippen LogP contribution is 2.47. The van der Waals surface area contributed by atoms with Gasteiger partial charge in [0, 0.05) is 35.4 Å². The van der Waals surface area contributed by atoms with Crippen molar-refractivity contribution in [2.24, 2.45) is 0 Å². The van der Waals surface area contributed by atoms with E-state index >= 15 is 0 Å². The van der Waals surface area contributed by atoms with Gasteiger partial charge in [0.25, 0.3) is 0 Å². The smallest absolute Gasteiger partial charge is 0.231 e. The van der Waals surface area contributed by atoms with Crippen LogP contribution in [0.4, 0.5) is 5.69 Å². The summed E-state index contributed by atoms with van der Waals surface area (Å²) >= 11 is 5.95. The molecule has 2 aromatic carbocycles. The van der Waals surface area contributed by atoms with Crippen molar-refractivity contribution in [3.63, 3.8) is 0 Å². The number of aromatic nitrogens is 2. The Morgan fingerprint density at radius 3 is 2.58 bits per heavy atom. The Balaban J connectivity index is 1.53.